The molecule has 1 atom stereocenters. The molecule has 5 heteroatoms. The van der Waals surface area contributed by atoms with E-state index in [1.807, 2.05) is 6.20 Å². The van der Waals surface area contributed by atoms with Gasteiger partial charge in [-0.05, 0) is 43.4 Å². The summed E-state index contributed by atoms with van der Waals surface area (Å²) in [5, 5.41) is 0. The number of hydrogen-bond donors (Lipinski definition) is 1. The summed E-state index contributed by atoms with van der Waals surface area (Å²) in [6, 6.07) is 4.32. The lowest BCUT2D eigenvalue weighted by molar-refractivity contribution is -0.118. The van der Waals surface area contributed by atoms with Gasteiger partial charge in [0.25, 0.3) is 0 Å². The quantitative estimate of drug-likeness (QED) is 0.889. The average molecular weight is 288 g/mol. The maximum Gasteiger partial charge on any atom is 0.217 e. The minimum atomic E-state index is -0.182. The van der Waals surface area contributed by atoms with Crippen LogP contribution in [0.2, 0.25) is 0 Å². The van der Waals surface area contributed by atoms with Crippen LogP contribution >= 0.6 is 0 Å². The number of nitrogens with two attached hydrogens (primary N) is 1. The second-order valence-electron chi connectivity index (χ2n) is 6.28. The van der Waals surface area contributed by atoms with E-state index >= 15 is 0 Å². The third kappa shape index (κ3) is 3.73. The Labute approximate surface area is 126 Å². The summed E-state index contributed by atoms with van der Waals surface area (Å²) in [4.78, 5) is 20.3. The molecule has 114 valence electrons. The Morgan fingerprint density at radius 3 is 2.76 bits per heavy atom. The van der Waals surface area contributed by atoms with Gasteiger partial charge in [-0.15, -0.1) is 0 Å². The second kappa shape index (κ2) is 6.43. The number of nitrogens with zero attached hydrogens (tertiary/aromatic N) is 3. The first-order valence-corrected chi connectivity index (χ1v) is 7.91. The molecule has 21 heavy (non-hydrogen) atoms. The lowest BCUT2D eigenvalue weighted by atomic mass is 10.1. The molecule has 2 saturated heterocycles. The highest BCUT2D eigenvalue weighted by atomic mass is 16.1. The molecule has 1 aromatic rings. The van der Waals surface area contributed by atoms with E-state index in [4.69, 9.17) is 5.73 Å². The van der Waals surface area contributed by atoms with E-state index in [9.17, 15) is 4.79 Å². The van der Waals surface area contributed by atoms with E-state index in [1.54, 1.807) is 0 Å². The number of primary amides is 1. The molecule has 0 aliphatic carbocycles. The van der Waals surface area contributed by atoms with Gasteiger partial charge in [0.1, 0.15) is 5.82 Å². The molecule has 1 aromatic heterocycles. The molecule has 2 aliphatic heterocycles. The number of rotatable bonds is 5. The van der Waals surface area contributed by atoms with Crippen molar-refractivity contribution in [1.29, 1.82) is 0 Å². The molecule has 2 fully saturated rings. The van der Waals surface area contributed by atoms with Gasteiger partial charge in [-0.25, -0.2) is 4.98 Å². The Balaban J connectivity index is 1.52. The van der Waals surface area contributed by atoms with Crippen LogP contribution in [0.3, 0.4) is 0 Å². The van der Waals surface area contributed by atoms with Crippen molar-refractivity contribution in [3.63, 3.8) is 0 Å². The van der Waals surface area contributed by atoms with Crippen LogP contribution < -0.4 is 10.6 Å². The summed E-state index contributed by atoms with van der Waals surface area (Å²) in [5.41, 5.74) is 6.52. The summed E-state index contributed by atoms with van der Waals surface area (Å²) in [6.45, 7) is 5.20. The molecular formula is C16H24N4O. The number of carbonyl (C=O) groups excluding carboxylic acids is 1. The zero-order valence-electron chi connectivity index (χ0n) is 12.5. The van der Waals surface area contributed by atoms with Gasteiger partial charge in [-0.2, -0.15) is 0 Å². The highest BCUT2D eigenvalue weighted by Crippen LogP contribution is 2.22. The van der Waals surface area contributed by atoms with Gasteiger partial charge in [0, 0.05) is 38.8 Å². The third-order valence-corrected chi connectivity index (χ3v) is 4.51. The number of likely N-dealkylation sites (tertiary alicyclic amines) is 1. The van der Waals surface area contributed by atoms with E-state index < -0.39 is 0 Å². The van der Waals surface area contributed by atoms with Gasteiger partial charge >= 0.3 is 0 Å². The molecular weight excluding hydrogens is 264 g/mol. The van der Waals surface area contributed by atoms with E-state index in [0.29, 0.717) is 12.3 Å². The van der Waals surface area contributed by atoms with E-state index in [0.717, 1.165) is 45.0 Å². The largest absolute Gasteiger partial charge is 0.370 e. The topological polar surface area (TPSA) is 62.5 Å². The van der Waals surface area contributed by atoms with Crippen molar-refractivity contribution in [3.05, 3.63) is 23.9 Å². The van der Waals surface area contributed by atoms with Crippen molar-refractivity contribution in [2.24, 2.45) is 11.7 Å². The van der Waals surface area contributed by atoms with Crippen LogP contribution in [0.4, 0.5) is 5.82 Å². The molecule has 0 bridgehead atoms. The third-order valence-electron chi connectivity index (χ3n) is 4.51. The zero-order chi connectivity index (χ0) is 14.7. The van der Waals surface area contributed by atoms with Crippen LogP contribution in [0.5, 0.6) is 0 Å². The Morgan fingerprint density at radius 2 is 2.10 bits per heavy atom. The van der Waals surface area contributed by atoms with Crippen molar-refractivity contribution in [2.75, 3.05) is 31.1 Å². The molecule has 0 aromatic carbocycles. The van der Waals surface area contributed by atoms with Crippen molar-refractivity contribution < 1.29 is 4.79 Å². The summed E-state index contributed by atoms with van der Waals surface area (Å²) < 4.78 is 0. The SMILES string of the molecule is NC(=O)CC1CCN(Cc2ccc(N3CCCC3)nc2)C1. The van der Waals surface area contributed by atoms with Crippen molar-refractivity contribution in [3.8, 4) is 0 Å². The molecule has 1 unspecified atom stereocenters. The molecule has 0 saturated carbocycles. The predicted molar refractivity (Wildman–Crippen MR) is 82.9 cm³/mol. The number of pyridine rings is 1. The molecule has 1 amide bonds. The minimum absolute atomic E-state index is 0.182. The number of hydrogen-bond acceptors (Lipinski definition) is 4. The minimum Gasteiger partial charge on any atom is -0.370 e. The molecule has 5 nitrogen and oxygen atoms in total. The predicted octanol–water partition coefficient (Wildman–Crippen LogP) is 1.38. The average Bonchev–Trinajstić information content (AvgIpc) is 3.11. The fourth-order valence-corrected chi connectivity index (χ4v) is 3.41. The Hall–Kier alpha value is -1.62. The molecule has 2 aliphatic rings. The summed E-state index contributed by atoms with van der Waals surface area (Å²) in [6.07, 6.45) is 6.14. The maximum absolute atomic E-state index is 11.0. The first-order chi connectivity index (χ1) is 10.2. The van der Waals surface area contributed by atoms with Crippen LogP contribution in [-0.4, -0.2) is 42.0 Å². The van der Waals surface area contributed by atoms with Crippen LogP contribution in [0.15, 0.2) is 18.3 Å². The van der Waals surface area contributed by atoms with Crippen LogP contribution in [0.1, 0.15) is 31.2 Å². The first kappa shape index (κ1) is 14.3. The Kier molecular flexibility index (Phi) is 4.39. The normalized spacial score (nSPS) is 22.9. The fraction of sp³-hybridized carbons (Fsp3) is 0.625. The van der Waals surface area contributed by atoms with Crippen molar-refractivity contribution >= 4 is 11.7 Å². The smallest absolute Gasteiger partial charge is 0.217 e. The van der Waals surface area contributed by atoms with E-state index in [-0.39, 0.29) is 5.91 Å². The highest BCUT2D eigenvalue weighted by molar-refractivity contribution is 5.74. The second-order valence-corrected chi connectivity index (χ2v) is 6.28. The van der Waals surface area contributed by atoms with Crippen LogP contribution in [-0.2, 0) is 11.3 Å². The monoisotopic (exact) mass is 288 g/mol. The van der Waals surface area contributed by atoms with Crippen molar-refractivity contribution in [2.45, 2.75) is 32.2 Å². The Morgan fingerprint density at radius 1 is 1.29 bits per heavy atom. The lowest BCUT2D eigenvalue weighted by Gasteiger charge is -2.18. The molecule has 0 spiro atoms. The molecule has 3 rings (SSSR count). The number of anilines is 1. The van der Waals surface area contributed by atoms with Gasteiger partial charge in [0.15, 0.2) is 0 Å². The number of aromatic nitrogens is 1. The highest BCUT2D eigenvalue weighted by Gasteiger charge is 2.23. The van der Waals surface area contributed by atoms with Crippen LogP contribution in [0, 0.1) is 5.92 Å². The van der Waals surface area contributed by atoms with Crippen molar-refractivity contribution in [1.82, 2.24) is 9.88 Å². The van der Waals surface area contributed by atoms with E-state index in [1.165, 1.54) is 18.4 Å². The fourth-order valence-electron chi connectivity index (χ4n) is 3.41. The molecule has 3 heterocycles. The summed E-state index contributed by atoms with van der Waals surface area (Å²) in [7, 11) is 0. The van der Waals surface area contributed by atoms with E-state index in [2.05, 4.69) is 26.9 Å². The number of amides is 1. The van der Waals surface area contributed by atoms with Gasteiger partial charge in [-0.3, -0.25) is 9.69 Å². The lowest BCUT2D eigenvalue weighted by Crippen LogP contribution is -2.23. The van der Waals surface area contributed by atoms with Gasteiger partial charge < -0.3 is 10.6 Å². The maximum atomic E-state index is 11.0. The summed E-state index contributed by atoms with van der Waals surface area (Å²) >= 11 is 0. The standard InChI is InChI=1S/C16H24N4O/c17-15(21)9-13-5-8-19(11-13)12-14-3-4-16(18-10-14)20-6-1-2-7-20/h3-4,10,13H,1-2,5-9,11-12H2,(H2,17,21). The van der Waals surface area contributed by atoms with Crippen LogP contribution in [0.25, 0.3) is 0 Å². The molecule has 0 radical (unpaired) electrons. The van der Waals surface area contributed by atoms with Gasteiger partial charge in [-0.1, -0.05) is 6.07 Å². The Bertz CT molecular complexity index is 482. The molecule has 2 N–H and O–H groups in total. The van der Waals surface area contributed by atoms with Gasteiger partial charge in [0.05, 0.1) is 0 Å². The van der Waals surface area contributed by atoms with Gasteiger partial charge in [0.2, 0.25) is 5.91 Å². The first-order valence-electron chi connectivity index (χ1n) is 7.91. The zero-order valence-corrected chi connectivity index (χ0v) is 12.5. The summed E-state index contributed by atoms with van der Waals surface area (Å²) in [5.74, 6) is 1.35. The number of carbonyl (C=O) groups is 1.